The van der Waals surface area contributed by atoms with Gasteiger partial charge in [-0.05, 0) is 55.4 Å². The number of ether oxygens (including phenoxy) is 1. The number of hydrogen-bond acceptors (Lipinski definition) is 4. The number of hydrogen-bond donors (Lipinski definition) is 2. The number of hydrazine groups is 1. The molecule has 2 aliphatic heterocycles. The van der Waals surface area contributed by atoms with Crippen molar-refractivity contribution in [1.82, 2.24) is 5.43 Å². The normalized spacial score (nSPS) is 32.5. The van der Waals surface area contributed by atoms with E-state index in [1.54, 1.807) is 0 Å². The fraction of sp³-hybridized carbons (Fsp3) is 1.00. The van der Waals surface area contributed by atoms with Crippen LogP contribution in [0.4, 0.5) is 0 Å². The topological polar surface area (TPSA) is 47.3 Å². The zero-order chi connectivity index (χ0) is 13.8. The van der Waals surface area contributed by atoms with Gasteiger partial charge in [-0.15, -0.1) is 0 Å². The van der Waals surface area contributed by atoms with E-state index in [4.69, 9.17) is 10.6 Å². The van der Waals surface area contributed by atoms with Crippen LogP contribution in [-0.2, 0) is 4.74 Å². The van der Waals surface area contributed by atoms with E-state index in [1.165, 1.54) is 69.3 Å². The fourth-order valence-corrected chi connectivity index (χ4v) is 5.74. The number of nitrogens with two attached hydrogens (primary N) is 1. The highest BCUT2D eigenvalue weighted by Gasteiger charge is 2.41. The Hall–Kier alpha value is 0.230. The third-order valence-corrected chi connectivity index (χ3v) is 6.77. The Kier molecular flexibility index (Phi) is 5.29. The van der Waals surface area contributed by atoms with Crippen LogP contribution in [0.5, 0.6) is 0 Å². The third kappa shape index (κ3) is 3.52. The van der Waals surface area contributed by atoms with Gasteiger partial charge >= 0.3 is 0 Å². The molecular weight excluding hydrogens is 268 g/mol. The van der Waals surface area contributed by atoms with Gasteiger partial charge in [0.2, 0.25) is 0 Å². The molecule has 3 fully saturated rings. The lowest BCUT2D eigenvalue weighted by molar-refractivity contribution is -0.108. The van der Waals surface area contributed by atoms with E-state index >= 15 is 0 Å². The average molecular weight is 298 g/mol. The molecule has 1 aliphatic carbocycles. The summed E-state index contributed by atoms with van der Waals surface area (Å²) >= 11 is 2.08. The van der Waals surface area contributed by atoms with Crippen molar-refractivity contribution in [2.45, 2.75) is 69.4 Å². The molecule has 3 aliphatic rings. The highest BCUT2D eigenvalue weighted by Crippen LogP contribution is 2.42. The van der Waals surface area contributed by atoms with Crippen molar-refractivity contribution >= 4 is 11.8 Å². The van der Waals surface area contributed by atoms with Crippen LogP contribution >= 0.6 is 11.8 Å². The minimum absolute atomic E-state index is 0.193. The molecule has 2 saturated heterocycles. The lowest BCUT2D eigenvalue weighted by Gasteiger charge is -2.45. The molecule has 3 nitrogen and oxygen atoms in total. The molecule has 3 N–H and O–H groups in total. The lowest BCUT2D eigenvalue weighted by atomic mass is 9.76. The quantitative estimate of drug-likeness (QED) is 0.618. The standard InChI is InChI=1S/C16H30N2OS/c17-18-15(11-13-3-1-2-4-13)14-5-8-19-16(12-14)6-9-20-10-7-16/h13-15,18H,1-12,17H2. The molecular formula is C16H30N2OS. The molecule has 2 heterocycles. The van der Waals surface area contributed by atoms with Crippen LogP contribution in [0.25, 0.3) is 0 Å². The van der Waals surface area contributed by atoms with E-state index in [9.17, 15) is 0 Å². The molecule has 2 unspecified atom stereocenters. The van der Waals surface area contributed by atoms with Crippen LogP contribution in [0.2, 0.25) is 0 Å². The molecule has 0 bridgehead atoms. The van der Waals surface area contributed by atoms with Gasteiger partial charge in [0.15, 0.2) is 0 Å². The van der Waals surface area contributed by atoms with E-state index < -0.39 is 0 Å². The Bertz CT molecular complexity index is 295. The number of nitrogens with one attached hydrogen (secondary N) is 1. The Balaban J connectivity index is 1.58. The van der Waals surface area contributed by atoms with E-state index in [0.717, 1.165) is 18.4 Å². The molecule has 116 valence electrons. The molecule has 0 aromatic heterocycles. The second-order valence-corrected chi connectivity index (χ2v) is 8.28. The van der Waals surface area contributed by atoms with Gasteiger partial charge < -0.3 is 4.74 Å². The van der Waals surface area contributed by atoms with Crippen LogP contribution in [0.1, 0.15) is 57.8 Å². The Labute approximate surface area is 127 Å². The lowest BCUT2D eigenvalue weighted by Crippen LogP contribution is -2.50. The second-order valence-electron chi connectivity index (χ2n) is 7.06. The molecule has 0 radical (unpaired) electrons. The summed E-state index contributed by atoms with van der Waals surface area (Å²) in [5, 5.41) is 0. The first kappa shape index (κ1) is 15.1. The van der Waals surface area contributed by atoms with Gasteiger partial charge in [-0.3, -0.25) is 11.3 Å². The molecule has 1 spiro atoms. The molecule has 1 saturated carbocycles. The van der Waals surface area contributed by atoms with Crippen molar-refractivity contribution < 1.29 is 4.74 Å². The summed E-state index contributed by atoms with van der Waals surface area (Å²) in [5.41, 5.74) is 3.35. The summed E-state index contributed by atoms with van der Waals surface area (Å²) in [6.07, 6.45) is 11.9. The van der Waals surface area contributed by atoms with E-state index in [1.807, 2.05) is 0 Å². The van der Waals surface area contributed by atoms with Crippen LogP contribution in [0, 0.1) is 11.8 Å². The molecule has 2 atom stereocenters. The molecule has 4 heteroatoms. The van der Waals surface area contributed by atoms with Gasteiger partial charge in [0, 0.05) is 12.6 Å². The monoisotopic (exact) mass is 298 g/mol. The first-order chi connectivity index (χ1) is 9.81. The predicted octanol–water partition coefficient (Wildman–Crippen LogP) is 3.09. The SMILES string of the molecule is NNC(CC1CCCC1)C1CCOC2(CCSCC2)C1. The van der Waals surface area contributed by atoms with Crippen LogP contribution in [0.3, 0.4) is 0 Å². The molecule has 0 aromatic rings. The van der Waals surface area contributed by atoms with Crippen molar-refractivity contribution in [2.24, 2.45) is 17.7 Å². The second kappa shape index (κ2) is 6.99. The van der Waals surface area contributed by atoms with Crippen molar-refractivity contribution in [3.05, 3.63) is 0 Å². The number of rotatable bonds is 4. The number of thioether (sulfide) groups is 1. The maximum atomic E-state index is 6.22. The van der Waals surface area contributed by atoms with Crippen LogP contribution in [-0.4, -0.2) is 29.8 Å². The van der Waals surface area contributed by atoms with Gasteiger partial charge in [0.1, 0.15) is 0 Å². The first-order valence-electron chi connectivity index (χ1n) is 8.49. The van der Waals surface area contributed by atoms with Gasteiger partial charge in [-0.25, -0.2) is 0 Å². The van der Waals surface area contributed by atoms with E-state index in [2.05, 4.69) is 17.2 Å². The molecule has 0 amide bonds. The van der Waals surface area contributed by atoms with Crippen molar-refractivity contribution in [2.75, 3.05) is 18.1 Å². The third-order valence-electron chi connectivity index (χ3n) is 5.78. The highest BCUT2D eigenvalue weighted by atomic mass is 32.2. The zero-order valence-corrected chi connectivity index (χ0v) is 13.4. The summed E-state index contributed by atoms with van der Waals surface area (Å²) in [6, 6.07) is 0.508. The van der Waals surface area contributed by atoms with Gasteiger partial charge in [0.05, 0.1) is 5.60 Å². The summed E-state index contributed by atoms with van der Waals surface area (Å²) in [5.74, 6) is 10.1. The summed E-state index contributed by atoms with van der Waals surface area (Å²) in [4.78, 5) is 0. The Morgan fingerprint density at radius 1 is 1.20 bits per heavy atom. The minimum Gasteiger partial charge on any atom is -0.375 e. The summed E-state index contributed by atoms with van der Waals surface area (Å²) in [7, 11) is 0. The van der Waals surface area contributed by atoms with E-state index in [0.29, 0.717) is 6.04 Å². The minimum atomic E-state index is 0.193. The van der Waals surface area contributed by atoms with Gasteiger partial charge in [-0.2, -0.15) is 11.8 Å². The largest absolute Gasteiger partial charge is 0.375 e. The summed E-state index contributed by atoms with van der Waals surface area (Å²) in [6.45, 7) is 0.943. The summed E-state index contributed by atoms with van der Waals surface area (Å²) < 4.78 is 6.22. The molecule has 20 heavy (non-hydrogen) atoms. The van der Waals surface area contributed by atoms with Crippen LogP contribution in [0.15, 0.2) is 0 Å². The molecule has 0 aromatic carbocycles. The van der Waals surface area contributed by atoms with Gasteiger partial charge in [0.25, 0.3) is 0 Å². The smallest absolute Gasteiger partial charge is 0.0701 e. The maximum Gasteiger partial charge on any atom is 0.0701 e. The van der Waals surface area contributed by atoms with Crippen molar-refractivity contribution in [1.29, 1.82) is 0 Å². The predicted molar refractivity (Wildman–Crippen MR) is 85.7 cm³/mol. The van der Waals surface area contributed by atoms with Crippen molar-refractivity contribution in [3.8, 4) is 0 Å². The Morgan fingerprint density at radius 3 is 2.65 bits per heavy atom. The average Bonchev–Trinajstić information content (AvgIpc) is 2.98. The highest BCUT2D eigenvalue weighted by molar-refractivity contribution is 7.99. The first-order valence-corrected chi connectivity index (χ1v) is 9.65. The zero-order valence-electron chi connectivity index (χ0n) is 12.6. The van der Waals surface area contributed by atoms with Gasteiger partial charge in [-0.1, -0.05) is 25.7 Å². The fourth-order valence-electron chi connectivity index (χ4n) is 4.50. The molecule has 3 rings (SSSR count). The van der Waals surface area contributed by atoms with Crippen LogP contribution < -0.4 is 11.3 Å². The van der Waals surface area contributed by atoms with Crippen molar-refractivity contribution in [3.63, 3.8) is 0 Å². The van der Waals surface area contributed by atoms with E-state index in [-0.39, 0.29) is 5.60 Å². The Morgan fingerprint density at radius 2 is 1.95 bits per heavy atom. The maximum absolute atomic E-state index is 6.22.